The number of sulfonamides is 1. The van der Waals surface area contributed by atoms with Gasteiger partial charge in [0.2, 0.25) is 10.0 Å². The van der Waals surface area contributed by atoms with Gasteiger partial charge in [0.05, 0.1) is 21.3 Å². The van der Waals surface area contributed by atoms with Crippen molar-refractivity contribution < 1.29 is 17.9 Å². The summed E-state index contributed by atoms with van der Waals surface area (Å²) in [7, 11) is -4.34. The van der Waals surface area contributed by atoms with E-state index in [0.29, 0.717) is 10.7 Å². The summed E-state index contributed by atoms with van der Waals surface area (Å²) in [4.78, 5) is 3.25. The second-order valence-electron chi connectivity index (χ2n) is 4.85. The van der Waals surface area contributed by atoms with Crippen molar-refractivity contribution >= 4 is 56.0 Å². The zero-order chi connectivity index (χ0) is 20.4. The maximum Gasteiger partial charge on any atom is 0.300 e. The standard InChI is InChI=1S/C14H8Cl2N4O4S.C2H6/c15-7-2-1-3-8(10(7)16)19-14-20-11-9(24-14)4-6(5-17)13(12(11)21)25(18,22)23;1-2/h1-4,21H,(H,19,20)(H2,18,22,23);1-2H3. The predicted octanol–water partition coefficient (Wildman–Crippen LogP) is 4.13. The van der Waals surface area contributed by atoms with E-state index in [9.17, 15) is 13.5 Å². The molecule has 0 unspecified atom stereocenters. The first-order chi connectivity index (χ1) is 12.7. The third kappa shape index (κ3) is 4.09. The topological polar surface area (TPSA) is 142 Å². The molecule has 0 aliphatic heterocycles. The second kappa shape index (κ2) is 8.02. The summed E-state index contributed by atoms with van der Waals surface area (Å²) in [6.07, 6.45) is 0. The summed E-state index contributed by atoms with van der Waals surface area (Å²) >= 11 is 12.0. The Morgan fingerprint density at radius 3 is 2.59 bits per heavy atom. The van der Waals surface area contributed by atoms with Crippen LogP contribution in [0.4, 0.5) is 11.7 Å². The van der Waals surface area contributed by atoms with Gasteiger partial charge in [-0.15, -0.1) is 0 Å². The number of aromatic hydroxyl groups is 1. The van der Waals surface area contributed by atoms with Crippen LogP contribution in [-0.2, 0) is 10.0 Å². The molecule has 4 N–H and O–H groups in total. The Morgan fingerprint density at radius 1 is 1.33 bits per heavy atom. The lowest BCUT2D eigenvalue weighted by atomic mass is 10.2. The van der Waals surface area contributed by atoms with E-state index in [-0.39, 0.29) is 27.7 Å². The molecule has 0 aliphatic rings. The van der Waals surface area contributed by atoms with Crippen LogP contribution in [0.3, 0.4) is 0 Å². The molecular formula is C16H14Cl2N4O4S. The Labute approximate surface area is 165 Å². The minimum absolute atomic E-state index is 0.0119. The molecule has 0 aliphatic carbocycles. The fourth-order valence-corrected chi connectivity index (χ4v) is 3.30. The number of nitrogens with zero attached hydrogens (tertiary/aromatic N) is 2. The van der Waals surface area contributed by atoms with Crippen molar-refractivity contribution in [2.75, 3.05) is 5.32 Å². The molecule has 0 saturated heterocycles. The number of anilines is 2. The molecule has 142 valence electrons. The Kier molecular flexibility index (Phi) is 6.18. The lowest BCUT2D eigenvalue weighted by Crippen LogP contribution is -2.14. The quantitative estimate of drug-likeness (QED) is 0.568. The van der Waals surface area contributed by atoms with E-state index in [1.807, 2.05) is 13.8 Å². The third-order valence-corrected chi connectivity index (χ3v) is 5.01. The SMILES string of the molecule is CC.N#Cc1cc2oc(Nc3cccc(Cl)c3Cl)nc2c(O)c1S(N)(=O)=O. The van der Waals surface area contributed by atoms with Crippen molar-refractivity contribution in [3.05, 3.63) is 39.9 Å². The summed E-state index contributed by atoms with van der Waals surface area (Å²) in [6.45, 7) is 4.00. The molecule has 3 aromatic rings. The highest BCUT2D eigenvalue weighted by Gasteiger charge is 2.25. The summed E-state index contributed by atoms with van der Waals surface area (Å²) in [5.41, 5.74) is -0.172. The van der Waals surface area contributed by atoms with Gasteiger partial charge in [0.25, 0.3) is 6.01 Å². The smallest absolute Gasteiger partial charge is 0.300 e. The van der Waals surface area contributed by atoms with Crippen molar-refractivity contribution in [1.82, 2.24) is 4.98 Å². The lowest BCUT2D eigenvalue weighted by Gasteiger charge is -2.04. The van der Waals surface area contributed by atoms with E-state index in [1.54, 1.807) is 24.3 Å². The summed E-state index contributed by atoms with van der Waals surface area (Å²) in [5, 5.41) is 27.6. The van der Waals surface area contributed by atoms with Gasteiger partial charge >= 0.3 is 0 Å². The lowest BCUT2D eigenvalue weighted by molar-refractivity contribution is 0.463. The van der Waals surface area contributed by atoms with Crippen molar-refractivity contribution in [2.24, 2.45) is 5.14 Å². The molecule has 0 amide bonds. The molecule has 1 heterocycles. The highest BCUT2D eigenvalue weighted by atomic mass is 35.5. The molecular weight excluding hydrogens is 415 g/mol. The zero-order valence-electron chi connectivity index (χ0n) is 14.1. The molecule has 2 aromatic carbocycles. The molecule has 27 heavy (non-hydrogen) atoms. The van der Waals surface area contributed by atoms with Crippen LogP contribution in [-0.4, -0.2) is 18.5 Å². The van der Waals surface area contributed by atoms with Gasteiger partial charge < -0.3 is 14.8 Å². The molecule has 8 nitrogen and oxygen atoms in total. The number of phenols is 1. The number of aromatic nitrogens is 1. The zero-order valence-corrected chi connectivity index (χ0v) is 16.4. The maximum atomic E-state index is 11.6. The first kappa shape index (κ1) is 20.8. The number of hydrogen-bond acceptors (Lipinski definition) is 7. The number of primary sulfonamides is 1. The number of nitrogens with one attached hydrogen (secondary N) is 1. The summed E-state index contributed by atoms with van der Waals surface area (Å²) in [6, 6.07) is 7.51. The molecule has 0 spiro atoms. The number of rotatable bonds is 3. The van der Waals surface area contributed by atoms with Gasteiger partial charge in [-0.2, -0.15) is 10.2 Å². The van der Waals surface area contributed by atoms with Gasteiger partial charge in [-0.05, 0) is 12.1 Å². The fraction of sp³-hybridized carbons (Fsp3) is 0.125. The van der Waals surface area contributed by atoms with Gasteiger partial charge in [0.1, 0.15) is 11.0 Å². The van der Waals surface area contributed by atoms with Gasteiger partial charge in [0.15, 0.2) is 16.8 Å². The first-order valence-electron chi connectivity index (χ1n) is 7.53. The van der Waals surface area contributed by atoms with Crippen LogP contribution >= 0.6 is 23.2 Å². The van der Waals surface area contributed by atoms with Crippen molar-refractivity contribution in [3.8, 4) is 11.8 Å². The average Bonchev–Trinajstić information content (AvgIpc) is 3.02. The molecule has 0 radical (unpaired) electrons. The number of halogens is 2. The van der Waals surface area contributed by atoms with E-state index in [1.165, 1.54) is 0 Å². The number of oxazole rings is 1. The monoisotopic (exact) mass is 428 g/mol. The van der Waals surface area contributed by atoms with Gasteiger partial charge in [-0.1, -0.05) is 43.1 Å². The first-order valence-corrected chi connectivity index (χ1v) is 9.83. The predicted molar refractivity (Wildman–Crippen MR) is 103 cm³/mol. The summed E-state index contributed by atoms with van der Waals surface area (Å²) in [5.74, 6) is -0.773. The molecule has 3 rings (SSSR count). The average molecular weight is 429 g/mol. The Morgan fingerprint density at radius 2 is 2.00 bits per heavy atom. The number of fused-ring (bicyclic) bond motifs is 1. The normalized spacial score (nSPS) is 10.8. The van der Waals surface area contributed by atoms with Gasteiger partial charge in [-0.25, -0.2) is 13.6 Å². The fourth-order valence-electron chi connectivity index (χ4n) is 2.17. The maximum absolute atomic E-state index is 11.6. The minimum Gasteiger partial charge on any atom is -0.504 e. The molecule has 1 aromatic heterocycles. The van der Waals surface area contributed by atoms with E-state index < -0.39 is 20.7 Å². The molecule has 0 atom stereocenters. The van der Waals surface area contributed by atoms with Crippen LogP contribution in [0.1, 0.15) is 19.4 Å². The van der Waals surface area contributed by atoms with Gasteiger partial charge in [0, 0.05) is 6.07 Å². The van der Waals surface area contributed by atoms with Crippen LogP contribution < -0.4 is 10.5 Å². The minimum atomic E-state index is -4.34. The Bertz CT molecular complexity index is 1150. The van der Waals surface area contributed by atoms with Crippen molar-refractivity contribution in [3.63, 3.8) is 0 Å². The molecule has 0 saturated carbocycles. The van der Waals surface area contributed by atoms with Crippen molar-refractivity contribution in [2.45, 2.75) is 18.7 Å². The number of hydrogen-bond donors (Lipinski definition) is 3. The van der Waals surface area contributed by atoms with E-state index in [4.69, 9.17) is 38.0 Å². The van der Waals surface area contributed by atoms with Crippen LogP contribution in [0.2, 0.25) is 10.0 Å². The molecule has 0 bridgehead atoms. The number of benzene rings is 2. The number of nitriles is 1. The third-order valence-electron chi connectivity index (χ3n) is 3.21. The second-order valence-corrected chi connectivity index (χ2v) is 7.13. The number of phenolic OH excluding ortho intramolecular Hbond substituents is 1. The Balaban J connectivity index is 0.00000126. The Hall–Kier alpha value is -2.51. The van der Waals surface area contributed by atoms with E-state index >= 15 is 0 Å². The number of nitrogens with two attached hydrogens (primary N) is 1. The van der Waals surface area contributed by atoms with Gasteiger partial charge in [-0.3, -0.25) is 0 Å². The van der Waals surface area contributed by atoms with Crippen molar-refractivity contribution in [1.29, 1.82) is 5.26 Å². The summed E-state index contributed by atoms with van der Waals surface area (Å²) < 4.78 is 28.6. The largest absolute Gasteiger partial charge is 0.504 e. The van der Waals surface area contributed by atoms with E-state index in [2.05, 4.69) is 10.3 Å². The van der Waals surface area contributed by atoms with Crippen LogP contribution in [0.5, 0.6) is 5.75 Å². The van der Waals surface area contributed by atoms with Crippen LogP contribution in [0, 0.1) is 11.3 Å². The molecule has 11 heteroatoms. The molecule has 0 fully saturated rings. The van der Waals surface area contributed by atoms with Crippen LogP contribution in [0.15, 0.2) is 33.6 Å². The van der Waals surface area contributed by atoms with Crippen LogP contribution in [0.25, 0.3) is 11.1 Å². The highest BCUT2D eigenvalue weighted by Crippen LogP contribution is 2.37. The van der Waals surface area contributed by atoms with E-state index in [0.717, 1.165) is 6.07 Å². The highest BCUT2D eigenvalue weighted by molar-refractivity contribution is 7.89.